The van der Waals surface area contributed by atoms with Gasteiger partial charge in [-0.1, -0.05) is 190 Å². The molecule has 6 aliphatic heterocycles. The summed E-state index contributed by atoms with van der Waals surface area (Å²) in [5, 5.41) is 15.7. The number of methoxy groups -OCH3 is 4. The lowest BCUT2D eigenvalue weighted by Gasteiger charge is -2.32. The van der Waals surface area contributed by atoms with E-state index in [1.165, 1.54) is 175 Å². The Bertz CT molecular complexity index is 6990. The molecule has 8 amide bonds. The normalized spacial score (nSPS) is 20.6. The Morgan fingerprint density at radius 3 is 1.16 bits per heavy atom. The maximum atomic E-state index is 13.9. The van der Waals surface area contributed by atoms with Crippen molar-refractivity contribution < 1.29 is 66.6 Å². The first kappa shape index (κ1) is 104. The first-order valence-corrected chi connectivity index (χ1v) is 54.5. The molecule has 1 unspecified atom stereocenters. The summed E-state index contributed by atoms with van der Waals surface area (Å²) in [6.07, 6.45) is 23.1. The fourth-order valence-electron chi connectivity index (χ4n) is 25.5. The number of carbonyl (C=O) groups excluding carboxylic acids is 8. The summed E-state index contributed by atoms with van der Waals surface area (Å²) in [5.74, 6) is 1.64. The SMILES string of the molecule is COC(=O)N[C@H](C(=O)N1CCCC1c1ncc(I)[nH]1)C(C)C.COC(=O)N[C@H](C(=O)N1CCC[C@H]1C1=NC=C(c2ccc(-c3ccc(-c4ccc5nc([C@@H]6CCCN6C(=O)[C@@H](NC(=O)OC)C(C)C)[nH]c5c4)c4c3CCC43CCCC3)c3ccccc23)C1)C(C)C.COC(=O)N[C@H](C(=O)N1CCC[C@H]1c1nc2ccc(-c3ccc(-c4ccc(B5OC(C)(C)C(C)(C)O5)c5ccccc45)c4c3C3(CCCC3)CC4)cc2[nH]1)C(C)C. The van der Waals surface area contributed by atoms with Crippen molar-refractivity contribution in [2.45, 2.75) is 288 Å². The van der Waals surface area contributed by atoms with E-state index in [2.05, 4.69) is 230 Å². The quantitative estimate of drug-likeness (QED) is 0.0188. The summed E-state index contributed by atoms with van der Waals surface area (Å²) in [4.78, 5) is 140. The first-order chi connectivity index (χ1) is 71.1. The standard InChI is InChI=1S/C56H65N7O6.C47H55BN4O5.C14H21IN4O3/c1-32(2)49(60-54(66)68-5)52(64)62-27-11-15-46(62)45-30-35(31-57-45)36-18-20-40(39-14-8-7-13-38(36)39)41-21-19-37(48-42(41)23-26-56(48)24-9-10-25-56)34-17-22-43-44(29-34)59-51(58-43)47-16-12-28-63(47)53(65)50(33(3)4)61-55(67)69-6;1-28(2)41(51-44(54)55-7)43(53)52-26-12-15-39(52)42-49-37-21-16-29(27-38(37)50-42)30-17-18-33(35-22-25-47(40(30)35)23-10-11-24-47)32-19-20-36(34-14-9-8-13-31(32)34)48-56-45(3,4)46(5,6)57-48;1-8(2)11(18-14(21)22-3)13(20)19-6-4-5-9(19)12-16-7-10(15)17-12/h7-8,13-14,17-22,29,31-33,46-47,49-50H,9-12,15-16,23-28,30H2,1-6H3,(H,58,59)(H,60,66)(H,61,67);8-9,13-14,16-21,27-28,39,41H,10-12,15,22-26H2,1-7H3,(H,49,50)(H,51,54);7-9,11H,4-6H2,1-3H3,(H,16,17)(H,18,21)/t46-,47-,49-,50-;39-,41-;9?,11-/m000/s1. The highest BCUT2D eigenvalue weighted by Crippen LogP contribution is 2.59. The highest BCUT2D eigenvalue weighted by molar-refractivity contribution is 14.1. The summed E-state index contributed by atoms with van der Waals surface area (Å²) in [7, 11) is 4.81. The molecule has 2 saturated carbocycles. The van der Waals surface area contributed by atoms with Crippen molar-refractivity contribution in [3.63, 3.8) is 0 Å². The molecule has 11 aromatic rings. The molecule has 2 spiro atoms. The number of allylic oxidation sites excluding steroid dienone is 1. The van der Waals surface area contributed by atoms with Gasteiger partial charge in [0.05, 0.1) is 95.8 Å². The van der Waals surface area contributed by atoms with E-state index in [0.29, 0.717) is 32.6 Å². The molecule has 29 nitrogen and oxygen atoms in total. The molecule has 10 aliphatic rings. The van der Waals surface area contributed by atoms with E-state index in [0.717, 1.165) is 136 Å². The zero-order valence-corrected chi connectivity index (χ0v) is 90.4. The molecule has 7 N–H and O–H groups in total. The number of hydrogen-bond donors (Lipinski definition) is 7. The van der Waals surface area contributed by atoms with E-state index >= 15 is 0 Å². The largest absolute Gasteiger partial charge is 0.495 e. The smallest absolute Gasteiger partial charge is 0.453 e. The number of halogens is 1. The molecule has 21 rings (SSSR count). The highest BCUT2D eigenvalue weighted by atomic mass is 127. The summed E-state index contributed by atoms with van der Waals surface area (Å²) >= 11 is 2.16. The number of amides is 8. The van der Waals surface area contributed by atoms with Gasteiger partial charge in [0.2, 0.25) is 23.6 Å². The van der Waals surface area contributed by atoms with E-state index < -0.39 is 66.9 Å². The number of benzene rings is 8. The van der Waals surface area contributed by atoms with Crippen LogP contribution in [0.4, 0.5) is 19.2 Å². The molecular weight excluding hydrogens is 1980 g/mol. The topological polar surface area (TPSA) is 351 Å². The number of imidazole rings is 3. The predicted octanol–water partition coefficient (Wildman–Crippen LogP) is 21.6. The number of H-pyrrole nitrogens is 3. The fraction of sp³-hybridized carbons (Fsp3) is 0.487. The van der Waals surface area contributed by atoms with Gasteiger partial charge in [0, 0.05) is 44.5 Å². The van der Waals surface area contributed by atoms with Crippen LogP contribution in [0.3, 0.4) is 0 Å². The Morgan fingerprint density at radius 2 is 0.764 bits per heavy atom. The minimum absolute atomic E-state index is 0.0235. The van der Waals surface area contributed by atoms with Crippen LogP contribution < -0.4 is 26.7 Å². The lowest BCUT2D eigenvalue weighted by Crippen LogP contribution is -2.53. The van der Waals surface area contributed by atoms with Gasteiger partial charge < -0.3 is 84.1 Å². The second kappa shape index (κ2) is 42.9. The number of hydrogen-bond acceptors (Lipinski definition) is 18. The number of fused-ring (bicyclic) bond motifs is 8. The van der Waals surface area contributed by atoms with Crippen LogP contribution in [-0.2, 0) is 71.1 Å². The molecule has 8 atom stereocenters. The van der Waals surface area contributed by atoms with Gasteiger partial charge in [-0.05, 0) is 317 Å². The third-order valence-electron chi connectivity index (χ3n) is 33.8. The van der Waals surface area contributed by atoms with Gasteiger partial charge in [0.15, 0.2) is 0 Å². The Balaban J connectivity index is 0.000000156. The number of aromatic nitrogens is 6. The Hall–Kier alpha value is -12.5. The average molecular weight is 2120 g/mol. The van der Waals surface area contributed by atoms with Crippen molar-refractivity contribution in [2.24, 2.45) is 28.7 Å². The van der Waals surface area contributed by atoms with Gasteiger partial charge in [0.25, 0.3) is 0 Å². The molecule has 31 heteroatoms. The second-order valence-electron chi connectivity index (χ2n) is 44.5. The summed E-state index contributed by atoms with van der Waals surface area (Å²) in [6, 6.07) is 46.0. The van der Waals surface area contributed by atoms with Gasteiger partial charge in [-0.3, -0.25) is 24.2 Å². The maximum Gasteiger partial charge on any atom is 0.495 e. The monoisotopic (exact) mass is 2120 g/mol. The van der Waals surface area contributed by atoms with Crippen LogP contribution >= 0.6 is 22.6 Å². The van der Waals surface area contributed by atoms with Gasteiger partial charge in [-0.15, -0.1) is 0 Å². The molecular formula is C117H141BIN15O14. The number of aliphatic imine (C=N–C) groups is 1. The molecule has 3 aromatic heterocycles. The van der Waals surface area contributed by atoms with Crippen molar-refractivity contribution in [1.29, 1.82) is 0 Å². The van der Waals surface area contributed by atoms with E-state index in [9.17, 15) is 38.4 Å². The minimum atomic E-state index is -0.693. The van der Waals surface area contributed by atoms with E-state index in [1.807, 2.05) is 76.3 Å². The van der Waals surface area contributed by atoms with Crippen molar-refractivity contribution in [2.75, 3.05) is 54.6 Å². The molecule has 0 bridgehead atoms. The number of likely N-dealkylation sites (tertiary alicyclic amines) is 4. The Morgan fingerprint density at radius 1 is 0.412 bits per heavy atom. The van der Waals surface area contributed by atoms with Crippen LogP contribution in [0.25, 0.3) is 93.7 Å². The lowest BCUT2D eigenvalue weighted by molar-refractivity contribution is -0.136. The van der Waals surface area contributed by atoms with Crippen LogP contribution in [0.1, 0.15) is 268 Å². The van der Waals surface area contributed by atoms with E-state index in [1.54, 1.807) is 11.1 Å². The molecule has 8 aromatic carbocycles. The Kier molecular flexibility index (Phi) is 30.1. The molecule has 7 fully saturated rings. The second-order valence-corrected chi connectivity index (χ2v) is 45.7. The summed E-state index contributed by atoms with van der Waals surface area (Å²) in [6.45, 7) is 26.4. The van der Waals surface area contributed by atoms with Gasteiger partial charge in [-0.25, -0.2) is 34.1 Å². The van der Waals surface area contributed by atoms with Crippen molar-refractivity contribution in [3.05, 3.63) is 195 Å². The van der Waals surface area contributed by atoms with Gasteiger partial charge in [0.1, 0.15) is 41.6 Å². The minimum Gasteiger partial charge on any atom is -0.453 e. The zero-order valence-electron chi connectivity index (χ0n) is 88.2. The average Bonchev–Trinajstić information content (AvgIpc) is 1.56. The van der Waals surface area contributed by atoms with E-state index in [4.69, 9.17) is 38.5 Å². The number of carbonyl (C=O) groups is 8. The fourth-order valence-corrected chi connectivity index (χ4v) is 25.9. The number of nitrogens with zero attached hydrogens (tertiary/aromatic N) is 8. The van der Waals surface area contributed by atoms with Crippen LogP contribution in [0, 0.1) is 27.4 Å². The molecule has 5 saturated heterocycles. The third-order valence-corrected chi connectivity index (χ3v) is 34.4. The molecule has 148 heavy (non-hydrogen) atoms. The Labute approximate surface area is 880 Å². The number of nitrogens with one attached hydrogen (secondary N) is 7. The molecule has 4 aliphatic carbocycles. The maximum absolute atomic E-state index is 13.9. The number of aromatic amines is 3. The number of rotatable bonds is 22. The summed E-state index contributed by atoms with van der Waals surface area (Å²) in [5.41, 5.74) is 23.6. The van der Waals surface area contributed by atoms with E-state index in [-0.39, 0.29) is 82.3 Å². The summed E-state index contributed by atoms with van der Waals surface area (Å²) < 4.78 is 33.2. The van der Waals surface area contributed by atoms with Crippen LogP contribution in [0.5, 0.6) is 0 Å². The predicted molar refractivity (Wildman–Crippen MR) is 585 cm³/mol. The first-order valence-electron chi connectivity index (χ1n) is 53.4. The van der Waals surface area contributed by atoms with Crippen LogP contribution in [0.15, 0.2) is 151 Å². The highest BCUT2D eigenvalue weighted by Gasteiger charge is 2.54. The molecule has 9 heterocycles. The zero-order chi connectivity index (χ0) is 104. The van der Waals surface area contributed by atoms with Crippen molar-refractivity contribution in [3.8, 4) is 44.5 Å². The van der Waals surface area contributed by atoms with Crippen molar-refractivity contribution >= 4 is 138 Å². The number of alkyl carbamates (subject to hydrolysis) is 4. The molecule has 778 valence electrons. The van der Waals surface area contributed by atoms with Gasteiger partial charge in [-0.2, -0.15) is 0 Å². The third kappa shape index (κ3) is 20.0. The van der Waals surface area contributed by atoms with Crippen LogP contribution in [0.2, 0.25) is 0 Å². The van der Waals surface area contributed by atoms with Crippen molar-refractivity contribution in [1.82, 2.24) is 70.8 Å². The lowest BCUT2D eigenvalue weighted by atomic mass is 9.74. The van der Waals surface area contributed by atoms with Crippen LogP contribution in [-0.4, -0.2) is 206 Å². The van der Waals surface area contributed by atoms with Gasteiger partial charge >= 0.3 is 31.5 Å². The molecule has 0 radical (unpaired) electrons. The number of ether oxygens (including phenoxy) is 4.